The topological polar surface area (TPSA) is 99.3 Å². The molecule has 0 radical (unpaired) electrons. The summed E-state index contributed by atoms with van der Waals surface area (Å²) in [6.07, 6.45) is 0. The van der Waals surface area contributed by atoms with Crippen molar-refractivity contribution in [3.63, 3.8) is 0 Å². The first-order chi connectivity index (χ1) is 13.3. The van der Waals surface area contributed by atoms with Gasteiger partial charge >= 0.3 is 0 Å². The maximum Gasteiger partial charge on any atom is 0.259 e. The Bertz CT molecular complexity index is 1230. The van der Waals surface area contributed by atoms with E-state index in [2.05, 4.69) is 10.3 Å². The zero-order chi connectivity index (χ0) is 19.9. The second-order valence-corrected chi connectivity index (χ2v) is 10.6. The fraction of sp³-hybridized carbons (Fsp3) is 0.222. The number of sulfonamides is 1. The Labute approximate surface area is 168 Å². The van der Waals surface area contributed by atoms with Gasteiger partial charge in [-0.05, 0) is 30.3 Å². The summed E-state index contributed by atoms with van der Waals surface area (Å²) in [5.41, 5.74) is 0.396. The number of H-pyrrole nitrogens is 1. The normalized spacial score (nSPS) is 16.5. The Morgan fingerprint density at radius 1 is 0.929 bits per heavy atom. The number of aromatic amines is 1. The van der Waals surface area contributed by atoms with Crippen LogP contribution < -0.4 is 5.32 Å². The third kappa shape index (κ3) is 3.23. The molecule has 1 aromatic heterocycles. The van der Waals surface area contributed by atoms with E-state index >= 15 is 0 Å². The maximum atomic E-state index is 13.4. The molecular weight excluding hydrogens is 422 g/mol. The van der Waals surface area contributed by atoms with Gasteiger partial charge in [-0.15, -0.1) is 0 Å². The lowest BCUT2D eigenvalue weighted by Gasteiger charge is -2.26. The minimum atomic E-state index is -4.10. The van der Waals surface area contributed by atoms with Crippen LogP contribution in [0.1, 0.15) is 0 Å². The van der Waals surface area contributed by atoms with Gasteiger partial charge in [0.25, 0.3) is 10.0 Å². The van der Waals surface area contributed by atoms with Crippen LogP contribution in [-0.2, 0) is 19.9 Å². The van der Waals surface area contributed by atoms with E-state index in [0.29, 0.717) is 23.6 Å². The first-order valence-electron chi connectivity index (χ1n) is 8.64. The summed E-state index contributed by atoms with van der Waals surface area (Å²) in [4.78, 5) is 2.57. The van der Waals surface area contributed by atoms with Crippen LogP contribution in [0.5, 0.6) is 0 Å². The van der Waals surface area contributed by atoms with E-state index in [1.165, 1.54) is 22.5 Å². The Kier molecular flexibility index (Phi) is 4.96. The summed E-state index contributed by atoms with van der Waals surface area (Å²) in [5.74, 6) is 0. The lowest BCUT2D eigenvalue weighted by Crippen LogP contribution is -2.46. The molecule has 0 atom stereocenters. The highest BCUT2D eigenvalue weighted by atomic mass is 35.5. The minimum Gasteiger partial charge on any atom is -0.343 e. The number of hydrogen-bond acceptors (Lipinski definition) is 5. The lowest BCUT2D eigenvalue weighted by atomic mass is 10.2. The van der Waals surface area contributed by atoms with Gasteiger partial charge in [-0.3, -0.25) is 0 Å². The molecule has 0 saturated carbocycles. The lowest BCUT2D eigenvalue weighted by molar-refractivity contribution is 0.358. The van der Waals surface area contributed by atoms with Crippen molar-refractivity contribution in [2.24, 2.45) is 0 Å². The average Bonchev–Trinajstić information content (AvgIpc) is 3.09. The van der Waals surface area contributed by atoms with Crippen LogP contribution in [0.15, 0.2) is 63.3 Å². The Balaban J connectivity index is 2.01. The first-order valence-corrected chi connectivity index (χ1v) is 11.9. The van der Waals surface area contributed by atoms with Crippen molar-refractivity contribution < 1.29 is 16.8 Å². The van der Waals surface area contributed by atoms with E-state index in [0.717, 1.165) is 0 Å². The monoisotopic (exact) mass is 439 g/mol. The molecule has 2 N–H and O–H groups in total. The van der Waals surface area contributed by atoms with Gasteiger partial charge < -0.3 is 10.3 Å². The number of nitrogens with one attached hydrogen (secondary N) is 2. The number of fused-ring (bicyclic) bond motifs is 1. The molecule has 1 saturated heterocycles. The molecule has 0 bridgehead atoms. The highest BCUT2D eigenvalue weighted by molar-refractivity contribution is 7.93. The number of sulfone groups is 1. The van der Waals surface area contributed by atoms with Gasteiger partial charge in [0.05, 0.1) is 4.90 Å². The molecule has 3 aromatic rings. The van der Waals surface area contributed by atoms with Crippen LogP contribution >= 0.6 is 11.6 Å². The van der Waals surface area contributed by atoms with E-state index in [1.54, 1.807) is 30.3 Å². The largest absolute Gasteiger partial charge is 0.343 e. The van der Waals surface area contributed by atoms with Crippen LogP contribution in [-0.4, -0.2) is 52.3 Å². The number of rotatable bonds is 4. The summed E-state index contributed by atoms with van der Waals surface area (Å²) in [5, 5.41) is 3.34. The second-order valence-electron chi connectivity index (χ2n) is 6.44. The Morgan fingerprint density at radius 3 is 2.29 bits per heavy atom. The number of benzene rings is 2. The Morgan fingerprint density at radius 2 is 1.61 bits per heavy atom. The van der Waals surface area contributed by atoms with E-state index in [4.69, 9.17) is 11.6 Å². The number of piperazine rings is 1. The quantitative estimate of drug-likeness (QED) is 0.649. The van der Waals surface area contributed by atoms with Crippen LogP contribution in [0.4, 0.5) is 0 Å². The molecule has 0 aliphatic carbocycles. The molecule has 2 aromatic carbocycles. The summed E-state index contributed by atoms with van der Waals surface area (Å²) in [6, 6.07) is 12.4. The van der Waals surface area contributed by atoms with Gasteiger partial charge in [0.1, 0.15) is 4.90 Å². The van der Waals surface area contributed by atoms with Crippen molar-refractivity contribution in [1.29, 1.82) is 0 Å². The number of halogens is 1. The molecule has 1 aliphatic heterocycles. The summed E-state index contributed by atoms with van der Waals surface area (Å²) in [7, 11) is -8.15. The average molecular weight is 440 g/mol. The highest BCUT2D eigenvalue weighted by Crippen LogP contribution is 2.36. The first kappa shape index (κ1) is 19.4. The molecule has 7 nitrogen and oxygen atoms in total. The van der Waals surface area contributed by atoms with Gasteiger partial charge in [-0.25, -0.2) is 16.8 Å². The van der Waals surface area contributed by atoms with Gasteiger partial charge in [-0.1, -0.05) is 29.8 Å². The molecule has 2 heterocycles. The van der Waals surface area contributed by atoms with Crippen molar-refractivity contribution in [2.75, 3.05) is 26.2 Å². The van der Waals surface area contributed by atoms with Crippen molar-refractivity contribution in [3.05, 3.63) is 53.6 Å². The second kappa shape index (κ2) is 7.16. The van der Waals surface area contributed by atoms with Gasteiger partial charge in [0.2, 0.25) is 9.84 Å². The molecular formula is C18H18ClN3O4S2. The predicted molar refractivity (Wildman–Crippen MR) is 107 cm³/mol. The standard InChI is InChI=1S/C18H18ClN3O4S2/c19-13-6-7-16-15(12-13)17(27(23,24)14-4-2-1-3-5-14)18(21-16)28(25,26)22-10-8-20-9-11-22/h1-7,12,20-21H,8-11H2. The summed E-state index contributed by atoms with van der Waals surface area (Å²) < 4.78 is 54.7. The molecule has 0 spiro atoms. The SMILES string of the molecule is O=S(=O)(c1ccccc1)c1c(S(=O)(=O)N2CCNCC2)[nH]c2ccc(Cl)cc12. The van der Waals surface area contributed by atoms with Crippen molar-refractivity contribution in [3.8, 4) is 0 Å². The fourth-order valence-corrected chi connectivity index (χ4v) is 7.12. The number of hydrogen-bond donors (Lipinski definition) is 2. The van der Waals surface area contributed by atoms with Crippen LogP contribution in [0.2, 0.25) is 5.02 Å². The van der Waals surface area contributed by atoms with E-state index in [1.807, 2.05) is 0 Å². The Hall–Kier alpha value is -1.91. The number of nitrogens with zero attached hydrogens (tertiary/aromatic N) is 1. The predicted octanol–water partition coefficient (Wildman–Crippen LogP) is 2.25. The molecule has 28 heavy (non-hydrogen) atoms. The van der Waals surface area contributed by atoms with E-state index in [-0.39, 0.29) is 33.3 Å². The summed E-state index contributed by atoms with van der Waals surface area (Å²) >= 11 is 6.08. The molecule has 10 heteroatoms. The minimum absolute atomic E-state index is 0.0210. The zero-order valence-electron chi connectivity index (χ0n) is 14.7. The van der Waals surface area contributed by atoms with Crippen LogP contribution in [0.25, 0.3) is 10.9 Å². The molecule has 1 fully saturated rings. The third-order valence-corrected chi connectivity index (χ3v) is 8.76. The molecule has 148 valence electrons. The van der Waals surface area contributed by atoms with Gasteiger partial charge in [-0.2, -0.15) is 4.31 Å². The van der Waals surface area contributed by atoms with Crippen molar-refractivity contribution >= 4 is 42.4 Å². The molecule has 4 rings (SSSR count). The maximum absolute atomic E-state index is 13.4. The van der Waals surface area contributed by atoms with Gasteiger partial charge in [0.15, 0.2) is 5.03 Å². The molecule has 0 unspecified atom stereocenters. The van der Waals surface area contributed by atoms with Crippen LogP contribution in [0, 0.1) is 0 Å². The third-order valence-electron chi connectivity index (χ3n) is 4.68. The summed E-state index contributed by atoms with van der Waals surface area (Å²) in [6.45, 7) is 1.55. The fourth-order valence-electron chi connectivity index (χ4n) is 3.29. The van der Waals surface area contributed by atoms with Crippen molar-refractivity contribution in [2.45, 2.75) is 14.8 Å². The zero-order valence-corrected chi connectivity index (χ0v) is 17.1. The highest BCUT2D eigenvalue weighted by Gasteiger charge is 2.36. The van der Waals surface area contributed by atoms with Crippen molar-refractivity contribution in [1.82, 2.24) is 14.6 Å². The molecule has 0 amide bonds. The van der Waals surface area contributed by atoms with E-state index < -0.39 is 19.9 Å². The van der Waals surface area contributed by atoms with Crippen LogP contribution in [0.3, 0.4) is 0 Å². The number of aromatic nitrogens is 1. The molecule has 1 aliphatic rings. The van der Waals surface area contributed by atoms with E-state index in [9.17, 15) is 16.8 Å². The van der Waals surface area contributed by atoms with Gasteiger partial charge in [0, 0.05) is 42.1 Å². The smallest absolute Gasteiger partial charge is 0.259 e.